The van der Waals surface area contributed by atoms with E-state index in [0.717, 1.165) is 21.6 Å². The lowest BCUT2D eigenvalue weighted by Gasteiger charge is -2.12. The van der Waals surface area contributed by atoms with Crippen molar-refractivity contribution in [2.24, 2.45) is 0 Å². The topological polar surface area (TPSA) is 55.8 Å². The van der Waals surface area contributed by atoms with Crippen LogP contribution in [0.3, 0.4) is 0 Å². The first-order chi connectivity index (χ1) is 13.0. The summed E-state index contributed by atoms with van der Waals surface area (Å²) in [5, 5.41) is 13.0. The van der Waals surface area contributed by atoms with Gasteiger partial charge in [0.15, 0.2) is 6.61 Å². The fourth-order valence-corrected chi connectivity index (χ4v) is 3.91. The molecule has 0 fully saturated rings. The number of rotatable bonds is 6. The summed E-state index contributed by atoms with van der Waals surface area (Å²) in [5.41, 5.74) is 2.47. The van der Waals surface area contributed by atoms with E-state index in [1.807, 2.05) is 29.6 Å². The molecule has 0 unspecified atom stereocenters. The number of ether oxygens (including phenoxy) is 2. The van der Waals surface area contributed by atoms with Crippen LogP contribution in [0.4, 0.5) is 0 Å². The van der Waals surface area contributed by atoms with Crippen molar-refractivity contribution in [3.63, 3.8) is 0 Å². The average molecular weight is 423 g/mol. The van der Waals surface area contributed by atoms with Crippen LogP contribution >= 0.6 is 34.5 Å². The highest BCUT2D eigenvalue weighted by atomic mass is 35.5. The predicted octanol–water partition coefficient (Wildman–Crippen LogP) is 5.57. The molecule has 27 heavy (non-hydrogen) atoms. The molecule has 140 valence electrons. The lowest BCUT2D eigenvalue weighted by atomic mass is 10.0. The van der Waals surface area contributed by atoms with Gasteiger partial charge in [0.25, 0.3) is 0 Å². The van der Waals surface area contributed by atoms with Crippen LogP contribution in [0.2, 0.25) is 10.0 Å². The third-order valence-electron chi connectivity index (χ3n) is 3.93. The fourth-order valence-electron chi connectivity index (χ4n) is 2.56. The number of benzene rings is 2. The van der Waals surface area contributed by atoms with E-state index >= 15 is 0 Å². The van der Waals surface area contributed by atoms with Gasteiger partial charge in [-0.15, -0.1) is 11.3 Å². The van der Waals surface area contributed by atoms with Crippen molar-refractivity contribution in [2.45, 2.75) is 6.42 Å². The molecule has 3 rings (SSSR count). The third-order valence-corrected chi connectivity index (χ3v) is 5.51. The highest BCUT2D eigenvalue weighted by molar-refractivity contribution is 7.13. The number of aromatic hydroxyl groups is 1. The number of hydrogen-bond donors (Lipinski definition) is 1. The first-order valence-corrected chi connectivity index (χ1v) is 9.65. The van der Waals surface area contributed by atoms with Gasteiger partial charge >= 0.3 is 5.97 Å². The molecule has 0 aliphatic heterocycles. The van der Waals surface area contributed by atoms with Crippen LogP contribution in [0.1, 0.15) is 11.1 Å². The van der Waals surface area contributed by atoms with Gasteiger partial charge in [0, 0.05) is 26.9 Å². The first-order valence-electron chi connectivity index (χ1n) is 8.01. The van der Waals surface area contributed by atoms with E-state index in [1.54, 1.807) is 29.5 Å². The Balaban J connectivity index is 1.83. The van der Waals surface area contributed by atoms with Gasteiger partial charge in [0.05, 0.1) is 7.11 Å². The van der Waals surface area contributed by atoms with Crippen LogP contribution in [0.25, 0.3) is 10.4 Å². The van der Waals surface area contributed by atoms with Crippen LogP contribution < -0.4 is 4.74 Å². The van der Waals surface area contributed by atoms with Gasteiger partial charge in [-0.3, -0.25) is 0 Å². The Morgan fingerprint density at radius 3 is 2.52 bits per heavy atom. The molecular formula is C20H16Cl2O4S. The van der Waals surface area contributed by atoms with Crippen LogP contribution in [0.5, 0.6) is 11.5 Å². The van der Waals surface area contributed by atoms with E-state index in [9.17, 15) is 9.90 Å². The minimum atomic E-state index is -0.489. The van der Waals surface area contributed by atoms with Crippen molar-refractivity contribution >= 4 is 40.5 Å². The molecule has 0 aliphatic carbocycles. The number of halogens is 2. The number of hydrogen-bond acceptors (Lipinski definition) is 5. The highest BCUT2D eigenvalue weighted by Gasteiger charge is 2.13. The van der Waals surface area contributed by atoms with Crippen molar-refractivity contribution < 1.29 is 19.4 Å². The van der Waals surface area contributed by atoms with Crippen LogP contribution in [-0.4, -0.2) is 24.8 Å². The van der Waals surface area contributed by atoms with E-state index in [-0.39, 0.29) is 12.4 Å². The Morgan fingerprint density at radius 2 is 1.89 bits per heavy atom. The van der Waals surface area contributed by atoms with E-state index in [1.165, 1.54) is 7.11 Å². The summed E-state index contributed by atoms with van der Waals surface area (Å²) in [7, 11) is 1.29. The molecule has 2 aromatic carbocycles. The normalized spacial score (nSPS) is 10.6. The number of phenols is 1. The minimum Gasteiger partial charge on any atom is -0.507 e. The zero-order valence-corrected chi connectivity index (χ0v) is 16.7. The summed E-state index contributed by atoms with van der Waals surface area (Å²) >= 11 is 14.3. The molecule has 1 aromatic heterocycles. The molecule has 0 aliphatic rings. The fraction of sp³-hybridized carbons (Fsp3) is 0.150. The molecule has 0 bridgehead atoms. The predicted molar refractivity (Wildman–Crippen MR) is 108 cm³/mol. The summed E-state index contributed by atoms with van der Waals surface area (Å²) in [6.45, 7) is -0.218. The van der Waals surface area contributed by atoms with E-state index in [2.05, 4.69) is 4.74 Å². The molecule has 0 atom stereocenters. The Hall–Kier alpha value is -2.21. The average Bonchev–Trinajstić information content (AvgIpc) is 3.18. The van der Waals surface area contributed by atoms with Gasteiger partial charge in [0.1, 0.15) is 11.5 Å². The molecule has 0 spiro atoms. The maximum atomic E-state index is 11.2. The summed E-state index contributed by atoms with van der Waals surface area (Å²) in [6, 6.07) is 12.6. The van der Waals surface area contributed by atoms with Gasteiger partial charge in [-0.2, -0.15) is 0 Å². The summed E-state index contributed by atoms with van der Waals surface area (Å²) in [5.74, 6) is 0.130. The zero-order chi connectivity index (χ0) is 19.4. The SMILES string of the molecule is COC(=O)COc1cc(Cl)c(Cc2ccc(O)c(-c3cccs3)c2)c(Cl)c1. The summed E-state index contributed by atoms with van der Waals surface area (Å²) in [4.78, 5) is 12.2. The molecule has 3 aromatic rings. The van der Waals surface area contributed by atoms with Crippen LogP contribution in [0.15, 0.2) is 47.8 Å². The Bertz CT molecular complexity index is 932. The smallest absolute Gasteiger partial charge is 0.343 e. The van der Waals surface area contributed by atoms with Crippen LogP contribution in [0, 0.1) is 0 Å². The molecule has 4 nitrogen and oxygen atoms in total. The maximum absolute atomic E-state index is 11.2. The van der Waals surface area contributed by atoms with Gasteiger partial charge in [-0.05, 0) is 46.8 Å². The van der Waals surface area contributed by atoms with Gasteiger partial charge in [0.2, 0.25) is 0 Å². The maximum Gasteiger partial charge on any atom is 0.343 e. The van der Waals surface area contributed by atoms with Gasteiger partial charge in [-0.1, -0.05) is 35.3 Å². The molecule has 0 radical (unpaired) electrons. The van der Waals surface area contributed by atoms with E-state index in [0.29, 0.717) is 22.2 Å². The lowest BCUT2D eigenvalue weighted by Crippen LogP contribution is -2.12. The number of phenolic OH excluding ortho intramolecular Hbond substituents is 1. The minimum absolute atomic E-state index is 0.218. The number of methoxy groups -OCH3 is 1. The monoisotopic (exact) mass is 422 g/mol. The van der Waals surface area contributed by atoms with Crippen molar-refractivity contribution in [2.75, 3.05) is 13.7 Å². The standard InChI is InChI=1S/C20H16Cl2O4S/c1-25-20(24)11-26-13-9-16(21)14(17(22)10-13)7-12-4-5-18(23)15(8-12)19-3-2-6-27-19/h2-6,8-10,23H,7,11H2,1H3. The Labute approximate surface area is 170 Å². The largest absolute Gasteiger partial charge is 0.507 e. The van der Waals surface area contributed by atoms with Gasteiger partial charge < -0.3 is 14.6 Å². The molecule has 0 saturated carbocycles. The number of carbonyl (C=O) groups is 1. The molecule has 1 heterocycles. The third kappa shape index (κ3) is 4.75. The first kappa shape index (κ1) is 19.5. The van der Waals surface area contributed by atoms with Crippen molar-refractivity contribution in [3.8, 4) is 21.9 Å². The molecular weight excluding hydrogens is 407 g/mol. The molecule has 0 saturated heterocycles. The second kappa shape index (κ2) is 8.65. The molecule has 1 N–H and O–H groups in total. The van der Waals surface area contributed by atoms with Crippen molar-refractivity contribution in [1.82, 2.24) is 0 Å². The van der Waals surface area contributed by atoms with Crippen LogP contribution in [-0.2, 0) is 16.0 Å². The second-order valence-electron chi connectivity index (χ2n) is 5.74. The van der Waals surface area contributed by atoms with E-state index < -0.39 is 5.97 Å². The highest BCUT2D eigenvalue weighted by Crippen LogP contribution is 2.36. The molecule has 7 heteroatoms. The van der Waals surface area contributed by atoms with Gasteiger partial charge in [-0.25, -0.2) is 4.79 Å². The summed E-state index contributed by atoms with van der Waals surface area (Å²) in [6.07, 6.45) is 0.494. The second-order valence-corrected chi connectivity index (χ2v) is 7.50. The number of esters is 1. The lowest BCUT2D eigenvalue weighted by molar-refractivity contribution is -0.142. The Kier molecular flexibility index (Phi) is 6.26. The zero-order valence-electron chi connectivity index (χ0n) is 14.4. The summed E-state index contributed by atoms with van der Waals surface area (Å²) < 4.78 is 9.87. The Morgan fingerprint density at radius 1 is 1.15 bits per heavy atom. The van der Waals surface area contributed by atoms with Crippen molar-refractivity contribution in [3.05, 3.63) is 69.0 Å². The number of carbonyl (C=O) groups excluding carboxylic acids is 1. The van der Waals surface area contributed by atoms with E-state index in [4.69, 9.17) is 27.9 Å². The van der Waals surface area contributed by atoms with Crippen molar-refractivity contribution in [1.29, 1.82) is 0 Å². The number of thiophene rings is 1. The quantitative estimate of drug-likeness (QED) is 0.527. The molecule has 0 amide bonds.